The molecule has 10 aromatic heterocycles. The molecule has 0 amide bonds. The molecule has 100 heavy (non-hydrogen) atoms. The van der Waals surface area contributed by atoms with Gasteiger partial charge in [-0.2, -0.15) is 0 Å². The molecule has 0 saturated carbocycles. The van der Waals surface area contributed by atoms with E-state index < -0.39 is 27.6 Å². The molecule has 1 N–H and O–H groups in total. The van der Waals surface area contributed by atoms with Crippen LogP contribution in [0.15, 0.2) is 230 Å². The fourth-order valence-electron chi connectivity index (χ4n) is 9.73. The van der Waals surface area contributed by atoms with Gasteiger partial charge in [-0.05, 0) is 114 Å². The average Bonchev–Trinajstić information content (AvgIpc) is 0.866. The zero-order valence-electron chi connectivity index (χ0n) is 50.3. The van der Waals surface area contributed by atoms with E-state index in [9.17, 15) is 65.4 Å². The number of aliphatic imine (C=N–C) groups is 1. The topological polar surface area (TPSA) is 249 Å². The number of carbonyl (C=O) groups is 1. The monoisotopic (exact) mass is 1570 g/mol. The van der Waals surface area contributed by atoms with Gasteiger partial charge >= 0.3 is 104 Å². The molecule has 0 aliphatic heterocycles. The molecule has 34 heteroatoms. The van der Waals surface area contributed by atoms with Gasteiger partial charge in [-0.25, -0.2) is 19.9 Å². The Hall–Kier alpha value is -9.69. The first-order valence-corrected chi connectivity index (χ1v) is 34.0. The van der Waals surface area contributed by atoms with E-state index in [0.717, 1.165) is 115 Å². The molecule has 6 aromatic carbocycles. The molecule has 1 radical (unpaired) electrons. The van der Waals surface area contributed by atoms with Crippen LogP contribution in [0.5, 0.6) is 5.75 Å². The van der Waals surface area contributed by atoms with Gasteiger partial charge in [0.1, 0.15) is 10.0 Å². The number of para-hydroxylation sites is 4. The Bertz CT molecular complexity index is 5150. The molecular weight excluding hydrogens is 1530 g/mol. The second-order valence-electron chi connectivity index (χ2n) is 20.8. The maximum Gasteiger partial charge on any atom is 4.00 e. The van der Waals surface area contributed by atoms with Crippen molar-refractivity contribution in [2.75, 3.05) is 0 Å². The van der Waals surface area contributed by atoms with E-state index in [1.807, 2.05) is 146 Å². The van der Waals surface area contributed by atoms with E-state index in [-0.39, 0.29) is 55.7 Å². The largest absolute Gasteiger partial charge is 4.00 e. The summed E-state index contributed by atoms with van der Waals surface area (Å²) in [5.41, 5.74) is 12.7. The second kappa shape index (κ2) is 29.2. The summed E-state index contributed by atoms with van der Waals surface area (Å²) in [4.78, 5) is 64.8. The van der Waals surface area contributed by atoms with Crippen LogP contribution in [-0.2, 0) is 54.7 Å². The molecule has 16 aromatic rings. The van der Waals surface area contributed by atoms with Crippen molar-refractivity contribution in [3.8, 4) is 27.2 Å². The molecule has 1 atom stereocenters. The van der Waals surface area contributed by atoms with Crippen LogP contribution < -0.4 is 10.2 Å². The van der Waals surface area contributed by atoms with Crippen molar-refractivity contribution in [2.45, 2.75) is 12.5 Å². The predicted molar refractivity (Wildman–Crippen MR) is 356 cm³/mol. The van der Waals surface area contributed by atoms with Crippen LogP contribution in [0.4, 0.5) is 50.4 Å². The molecule has 0 saturated heterocycles. The minimum absolute atomic E-state index is 0. The van der Waals surface area contributed by atoms with Crippen LogP contribution in [-0.4, -0.2) is 73.0 Å². The van der Waals surface area contributed by atoms with E-state index in [0.29, 0.717) is 5.56 Å². The number of carbonyl (C=O) groups excluding carboxylic acids is 1. The smallest absolute Gasteiger partial charge is 2.00 e. The fraction of sp³-hybridized carbons (Fsp3) is 0.0303. The average molecular weight is 1570 g/mol. The Morgan fingerprint density at radius 3 is 1.18 bits per heavy atom. The first-order valence-electron chi connectivity index (χ1n) is 28.3. The molecule has 0 aliphatic rings. The Labute approximate surface area is 588 Å². The number of hydrogen-bond acceptors (Lipinski definition) is 16. The van der Waals surface area contributed by atoms with Crippen molar-refractivity contribution < 1.29 is 109 Å². The Kier molecular flexibility index (Phi) is 22.2. The number of aromatic nitrogens is 11. The summed E-state index contributed by atoms with van der Waals surface area (Å²) in [7, 11) is -21.3. The number of fused-ring (bicyclic) bond motifs is 15. The first-order chi connectivity index (χ1) is 45.8. The van der Waals surface area contributed by atoms with E-state index in [1.165, 1.54) is 21.7 Å². The van der Waals surface area contributed by atoms with Gasteiger partial charge in [-0.15, -0.1) is 28.4 Å². The number of halogens is 12. The minimum Gasteiger partial charge on any atom is -2.00 e. The maximum absolute atomic E-state index is 11.6. The van der Waals surface area contributed by atoms with Crippen LogP contribution in [0.2, 0.25) is 0 Å². The predicted octanol–water partition coefficient (Wildman–Crippen LogP) is 19.4. The normalized spacial score (nSPS) is 13.0. The zero-order valence-corrected chi connectivity index (χ0v) is 56.9. The molecule has 16 rings (SSSR count). The van der Waals surface area contributed by atoms with Gasteiger partial charge in [-0.3, -0.25) is 34.9 Å². The summed E-state index contributed by atoms with van der Waals surface area (Å²) in [6.07, 6.45) is 14.0. The molecule has 0 aliphatic carbocycles. The quantitative estimate of drug-likeness (QED) is 0.0390. The molecule has 0 spiro atoms. The number of thiazole rings is 2. The first kappa shape index (κ1) is 76.1. The third kappa shape index (κ3) is 20.7. The number of aromatic amines is 1. The number of carboxylic acid groups (broad SMARTS) is 1. The van der Waals surface area contributed by atoms with Crippen molar-refractivity contribution in [2.24, 2.45) is 4.99 Å². The van der Waals surface area contributed by atoms with E-state index in [4.69, 9.17) is 9.97 Å². The third-order valence-corrected chi connectivity index (χ3v) is 15.7. The molecule has 10 heterocycles. The maximum atomic E-state index is 11.6. The molecule has 509 valence electrons. The number of pyridine rings is 6. The van der Waals surface area contributed by atoms with Gasteiger partial charge < -0.3 is 25.5 Å². The van der Waals surface area contributed by atoms with Gasteiger partial charge in [0.15, 0.2) is 0 Å². The van der Waals surface area contributed by atoms with Crippen LogP contribution in [0.3, 0.4) is 0 Å². The fourth-order valence-corrected chi connectivity index (χ4v) is 11.6. The summed E-state index contributed by atoms with van der Waals surface area (Å²) in [5.74, 6) is -1.46. The summed E-state index contributed by atoms with van der Waals surface area (Å²) in [5, 5.41) is 29.7. The van der Waals surface area contributed by atoms with Crippen molar-refractivity contribution in [3.63, 3.8) is 0 Å². The van der Waals surface area contributed by atoms with Gasteiger partial charge in [-0.1, -0.05) is 78.9 Å². The summed E-state index contributed by atoms with van der Waals surface area (Å²) < 4.78 is 121. The summed E-state index contributed by atoms with van der Waals surface area (Å²) >= 11 is 3.35. The Morgan fingerprint density at radius 1 is 0.450 bits per heavy atom. The van der Waals surface area contributed by atoms with Gasteiger partial charge in [0.2, 0.25) is 0 Å². The molecular formula is C66H42F12N12O4P2RuS2V. The standard InChI is InChI=1S/C24H12N6.C18H16N2O3.2C12H8N2S.2F6P.O.Ru.V/c1-5-13-17(25-9-1)18-14(6-2-10-26-18)22-21(13)29-23-15-7-3-11-27-19(15)20-16(24(23)30-22)8-4-12-28-20;21-17-8-4-1-5-12(17)10-20-16(18(22)23)9-13-11-19-15-7-3-2-6-14(13)15;2*1-2-7-11-9(5-1)14-12(15-11)10-6-3-4-8-13-10;2*1-7(2,3,4,5)6;;;/h1-12H;1-8,10-11,16,19,21H,9H2,(H,22,23);2*1-8H;;;;;/q;;;;2*-1;-2;+2;+4/p-2. The number of aliphatic carboxylic acids is 1. The Morgan fingerprint density at radius 2 is 0.800 bits per heavy atom. The molecule has 0 fully saturated rings. The number of nitrogens with zero attached hydrogens (tertiary/aromatic N) is 11. The van der Waals surface area contributed by atoms with Crippen LogP contribution in [0, 0.1) is 0 Å². The molecule has 0 bridgehead atoms. The second-order valence-corrected chi connectivity index (χ2v) is 26.6. The SMILES string of the molecule is F[P-](F)(F)(F)(F)F.F[P-](F)(F)(F)(F)F.O=C([O-])C(Cc1c[nH]c2ccccc12)N=Cc1ccccc1[O-].[O-2].[Ru+2].[V+4].c1ccc(-c2nc3ccccc3s2)nc1.c1ccc(-c2nc3ccccc3s2)nc1.c1cnc2c(c1)c1nc3c4cccnc4c4ncccc4c3nc1c1cccnc12. The van der Waals surface area contributed by atoms with Crippen molar-refractivity contribution in [1.29, 1.82) is 0 Å². The summed E-state index contributed by atoms with van der Waals surface area (Å²) in [6.45, 7) is 0. The van der Waals surface area contributed by atoms with Crippen LogP contribution >= 0.6 is 38.3 Å². The number of benzene rings is 6. The Balaban J connectivity index is 0.000000163. The zero-order chi connectivity index (χ0) is 68.9. The number of H-pyrrole nitrogens is 1. The molecule has 16 nitrogen and oxygen atoms in total. The number of nitrogens with one attached hydrogen (secondary N) is 1. The van der Waals surface area contributed by atoms with Crippen molar-refractivity contribution in [1.82, 2.24) is 54.8 Å². The van der Waals surface area contributed by atoms with Crippen LogP contribution in [0.25, 0.3) is 118 Å². The van der Waals surface area contributed by atoms with Crippen molar-refractivity contribution >= 4 is 147 Å². The summed E-state index contributed by atoms with van der Waals surface area (Å²) in [6, 6.07) is 56.8. The van der Waals surface area contributed by atoms with E-state index >= 15 is 0 Å². The van der Waals surface area contributed by atoms with Gasteiger partial charge in [0.05, 0.1) is 88.0 Å². The van der Waals surface area contributed by atoms with Gasteiger partial charge in [0.25, 0.3) is 0 Å². The van der Waals surface area contributed by atoms with Crippen molar-refractivity contribution in [3.05, 3.63) is 236 Å². The number of rotatable bonds is 7. The third-order valence-electron chi connectivity index (χ3n) is 13.6. The number of carboxylic acids is 1. The minimum atomic E-state index is -10.7. The molecule has 1 unspecified atom stereocenters. The van der Waals surface area contributed by atoms with E-state index in [1.54, 1.807) is 84.3 Å². The van der Waals surface area contributed by atoms with Gasteiger partial charge in [0, 0.05) is 88.5 Å². The van der Waals surface area contributed by atoms with E-state index in [2.05, 4.69) is 62.0 Å². The number of hydrogen-bond donors (Lipinski definition) is 1. The van der Waals surface area contributed by atoms with Crippen LogP contribution in [0.1, 0.15) is 11.1 Å².